The number of likely N-dealkylation sites (N-methyl/N-ethyl adjacent to an activating group) is 1. The Morgan fingerprint density at radius 1 is 1.42 bits per heavy atom. The molecule has 2 N–H and O–H groups in total. The fourth-order valence-corrected chi connectivity index (χ4v) is 1.49. The summed E-state index contributed by atoms with van der Waals surface area (Å²) in [5.41, 5.74) is 5.48. The first-order valence-electron chi connectivity index (χ1n) is 6.35. The second-order valence-corrected chi connectivity index (χ2v) is 4.66. The summed E-state index contributed by atoms with van der Waals surface area (Å²) in [6.07, 6.45) is 0.448. The predicted molar refractivity (Wildman–Crippen MR) is 72.4 cm³/mol. The van der Waals surface area contributed by atoms with Crippen molar-refractivity contribution in [1.82, 2.24) is 4.90 Å². The summed E-state index contributed by atoms with van der Waals surface area (Å²) in [7, 11) is 1.74. The van der Waals surface area contributed by atoms with Gasteiger partial charge in [-0.2, -0.15) is 0 Å². The lowest BCUT2D eigenvalue weighted by Crippen LogP contribution is -2.32. The smallest absolute Gasteiger partial charge is 0.222 e. The maximum atomic E-state index is 12.7. The Labute approximate surface area is 113 Å². The maximum absolute atomic E-state index is 12.7. The number of nitrogens with zero attached hydrogens (tertiary/aromatic N) is 1. The molecule has 1 unspecified atom stereocenters. The van der Waals surface area contributed by atoms with Gasteiger partial charge in [-0.25, -0.2) is 4.39 Å². The number of ether oxygens (including phenoxy) is 1. The molecule has 1 rings (SSSR count). The van der Waals surface area contributed by atoms with Crippen molar-refractivity contribution in [1.29, 1.82) is 0 Å². The molecule has 106 valence electrons. The van der Waals surface area contributed by atoms with Gasteiger partial charge in [-0.05, 0) is 36.7 Å². The van der Waals surface area contributed by atoms with Gasteiger partial charge in [-0.3, -0.25) is 4.79 Å². The molecule has 1 amide bonds. The molecule has 19 heavy (non-hydrogen) atoms. The van der Waals surface area contributed by atoms with E-state index in [2.05, 4.69) is 0 Å². The minimum atomic E-state index is -0.296. The molecule has 0 aliphatic rings. The Kier molecular flexibility index (Phi) is 6.29. The average molecular weight is 268 g/mol. The van der Waals surface area contributed by atoms with Gasteiger partial charge in [0, 0.05) is 13.5 Å². The third-order valence-corrected chi connectivity index (χ3v) is 2.86. The number of benzene rings is 1. The van der Waals surface area contributed by atoms with Gasteiger partial charge in [0.25, 0.3) is 0 Å². The summed E-state index contributed by atoms with van der Waals surface area (Å²) in [6.45, 7) is 3.32. The summed E-state index contributed by atoms with van der Waals surface area (Å²) in [4.78, 5) is 13.4. The minimum absolute atomic E-state index is 0.0562. The van der Waals surface area contributed by atoms with E-state index >= 15 is 0 Å². The van der Waals surface area contributed by atoms with Crippen LogP contribution in [0, 0.1) is 11.7 Å². The van der Waals surface area contributed by atoms with Gasteiger partial charge < -0.3 is 15.4 Å². The second-order valence-electron chi connectivity index (χ2n) is 4.66. The van der Waals surface area contributed by atoms with Gasteiger partial charge in [0.1, 0.15) is 18.2 Å². The van der Waals surface area contributed by atoms with Crippen molar-refractivity contribution in [3.8, 4) is 5.75 Å². The molecule has 0 aliphatic carbocycles. The highest BCUT2D eigenvalue weighted by Gasteiger charge is 2.12. The third kappa shape index (κ3) is 5.70. The van der Waals surface area contributed by atoms with Crippen LogP contribution in [0.3, 0.4) is 0 Å². The molecule has 0 saturated carbocycles. The van der Waals surface area contributed by atoms with Crippen LogP contribution in [0.1, 0.15) is 13.3 Å². The quantitative estimate of drug-likeness (QED) is 0.818. The van der Waals surface area contributed by atoms with Crippen LogP contribution in [0.15, 0.2) is 24.3 Å². The fourth-order valence-electron chi connectivity index (χ4n) is 1.49. The van der Waals surface area contributed by atoms with E-state index in [0.29, 0.717) is 31.9 Å². The molecule has 5 heteroatoms. The van der Waals surface area contributed by atoms with Crippen molar-refractivity contribution in [2.45, 2.75) is 13.3 Å². The number of halogens is 1. The van der Waals surface area contributed by atoms with Crippen molar-refractivity contribution >= 4 is 5.91 Å². The molecular weight excluding hydrogens is 247 g/mol. The van der Waals surface area contributed by atoms with Crippen molar-refractivity contribution < 1.29 is 13.9 Å². The van der Waals surface area contributed by atoms with Crippen LogP contribution in [0.25, 0.3) is 0 Å². The van der Waals surface area contributed by atoms with Gasteiger partial charge in [0.05, 0.1) is 6.54 Å². The summed E-state index contributed by atoms with van der Waals surface area (Å²) in [5, 5.41) is 0. The van der Waals surface area contributed by atoms with E-state index in [1.165, 1.54) is 12.1 Å². The largest absolute Gasteiger partial charge is 0.492 e. The van der Waals surface area contributed by atoms with Gasteiger partial charge in [0.2, 0.25) is 5.91 Å². The van der Waals surface area contributed by atoms with Crippen molar-refractivity contribution in [3.05, 3.63) is 30.1 Å². The van der Waals surface area contributed by atoms with Gasteiger partial charge in [-0.15, -0.1) is 0 Å². The summed E-state index contributed by atoms with van der Waals surface area (Å²) in [5.74, 6) is 0.543. The molecule has 4 nitrogen and oxygen atoms in total. The minimum Gasteiger partial charge on any atom is -0.492 e. The normalized spacial score (nSPS) is 12.0. The SMILES string of the molecule is CC(CN)CC(=O)N(C)CCOc1ccc(F)cc1. The standard InChI is InChI=1S/C14H21FN2O2/c1-11(10-16)9-14(18)17(2)7-8-19-13-5-3-12(15)4-6-13/h3-6,11H,7-10,16H2,1-2H3. The number of rotatable bonds is 7. The lowest BCUT2D eigenvalue weighted by Gasteiger charge is -2.19. The molecule has 1 atom stereocenters. The van der Waals surface area contributed by atoms with Gasteiger partial charge in [0.15, 0.2) is 0 Å². The highest BCUT2D eigenvalue weighted by atomic mass is 19.1. The Morgan fingerprint density at radius 2 is 2.05 bits per heavy atom. The molecule has 1 aromatic carbocycles. The average Bonchev–Trinajstić information content (AvgIpc) is 2.40. The topological polar surface area (TPSA) is 55.6 Å². The summed E-state index contributed by atoms with van der Waals surface area (Å²) < 4.78 is 18.1. The second kappa shape index (κ2) is 7.74. The van der Waals surface area contributed by atoms with E-state index in [-0.39, 0.29) is 17.6 Å². The van der Waals surface area contributed by atoms with Crippen molar-refractivity contribution in [3.63, 3.8) is 0 Å². The number of hydrogen-bond donors (Lipinski definition) is 1. The summed E-state index contributed by atoms with van der Waals surface area (Å²) >= 11 is 0. The van der Waals surface area contributed by atoms with E-state index in [4.69, 9.17) is 10.5 Å². The lowest BCUT2D eigenvalue weighted by molar-refractivity contribution is -0.131. The van der Waals surface area contributed by atoms with Crippen LogP contribution < -0.4 is 10.5 Å². The first-order chi connectivity index (χ1) is 9.02. The first kappa shape index (κ1) is 15.4. The zero-order chi connectivity index (χ0) is 14.3. The predicted octanol–water partition coefficient (Wildman–Crippen LogP) is 1.65. The Hall–Kier alpha value is -1.62. The number of hydrogen-bond acceptors (Lipinski definition) is 3. The molecule has 0 bridgehead atoms. The molecule has 0 fully saturated rings. The zero-order valence-electron chi connectivity index (χ0n) is 11.4. The molecule has 0 aromatic heterocycles. The monoisotopic (exact) mass is 268 g/mol. The third-order valence-electron chi connectivity index (χ3n) is 2.86. The molecule has 0 radical (unpaired) electrons. The van der Waals surface area contributed by atoms with Gasteiger partial charge >= 0.3 is 0 Å². The Balaban J connectivity index is 2.28. The lowest BCUT2D eigenvalue weighted by atomic mass is 10.1. The van der Waals surface area contributed by atoms with Crippen LogP contribution in [0.5, 0.6) is 5.75 Å². The Bertz CT molecular complexity index is 395. The summed E-state index contributed by atoms with van der Waals surface area (Å²) in [6, 6.07) is 5.81. The van der Waals surface area contributed by atoms with Crippen LogP contribution >= 0.6 is 0 Å². The van der Waals surface area contributed by atoms with Crippen molar-refractivity contribution in [2.75, 3.05) is 26.7 Å². The van der Waals surface area contributed by atoms with Crippen LogP contribution in [0.4, 0.5) is 4.39 Å². The van der Waals surface area contributed by atoms with E-state index in [1.807, 2.05) is 6.92 Å². The molecular formula is C14H21FN2O2. The van der Waals surface area contributed by atoms with E-state index in [1.54, 1.807) is 24.1 Å². The fraction of sp³-hybridized carbons (Fsp3) is 0.500. The highest BCUT2D eigenvalue weighted by Crippen LogP contribution is 2.11. The molecule has 1 aromatic rings. The van der Waals surface area contributed by atoms with E-state index in [9.17, 15) is 9.18 Å². The highest BCUT2D eigenvalue weighted by molar-refractivity contribution is 5.76. The van der Waals surface area contributed by atoms with Crippen LogP contribution in [-0.4, -0.2) is 37.6 Å². The number of amides is 1. The molecule has 0 saturated heterocycles. The first-order valence-corrected chi connectivity index (χ1v) is 6.35. The van der Waals surface area contributed by atoms with E-state index < -0.39 is 0 Å². The number of carbonyl (C=O) groups is 1. The number of nitrogens with two attached hydrogens (primary N) is 1. The molecule has 0 spiro atoms. The van der Waals surface area contributed by atoms with Gasteiger partial charge in [-0.1, -0.05) is 6.92 Å². The maximum Gasteiger partial charge on any atom is 0.222 e. The molecule has 0 heterocycles. The van der Waals surface area contributed by atoms with E-state index in [0.717, 1.165) is 0 Å². The Morgan fingerprint density at radius 3 is 2.63 bits per heavy atom. The van der Waals surface area contributed by atoms with Crippen molar-refractivity contribution in [2.24, 2.45) is 11.7 Å². The van der Waals surface area contributed by atoms with Crippen LogP contribution in [0.2, 0.25) is 0 Å². The van der Waals surface area contributed by atoms with Crippen LogP contribution in [-0.2, 0) is 4.79 Å². The number of carbonyl (C=O) groups excluding carboxylic acids is 1. The zero-order valence-corrected chi connectivity index (χ0v) is 11.4. The molecule has 0 aliphatic heterocycles.